The van der Waals surface area contributed by atoms with Crippen LogP contribution in [-0.4, -0.2) is 12.1 Å². The predicted octanol–water partition coefficient (Wildman–Crippen LogP) is 1.18. The fourth-order valence-corrected chi connectivity index (χ4v) is 0.386. The smallest absolute Gasteiger partial charge is 0.332 e. The molecule has 0 aromatic carbocycles. The van der Waals surface area contributed by atoms with Crippen LogP contribution < -0.4 is 0 Å². The number of carbonyl (C=O) groups excluding carboxylic acids is 1. The van der Waals surface area contributed by atoms with E-state index in [1.165, 1.54) is 25.2 Å². The Labute approximate surface area is 65.6 Å². The highest BCUT2D eigenvalue weighted by atomic mass is 16.5. The van der Waals surface area contributed by atoms with E-state index in [0.29, 0.717) is 0 Å². The first kappa shape index (κ1) is 9.44. The van der Waals surface area contributed by atoms with Gasteiger partial charge in [0.15, 0.2) is 6.10 Å². The fourth-order valence-electron chi connectivity index (χ4n) is 0.386. The Balaban J connectivity index is 3.80. The first-order chi connectivity index (χ1) is 5.20. The molecule has 11 heavy (non-hydrogen) atoms. The van der Waals surface area contributed by atoms with Gasteiger partial charge in [0.1, 0.15) is 6.07 Å². The maximum Gasteiger partial charge on any atom is 0.332 e. The molecule has 0 N–H and O–H groups in total. The number of nitrogens with zero attached hydrogens (tertiary/aromatic N) is 1. The van der Waals surface area contributed by atoms with Crippen LogP contribution in [0.1, 0.15) is 6.92 Å². The lowest BCUT2D eigenvalue weighted by Gasteiger charge is -2.00. The molecule has 0 rings (SSSR count). The average molecular weight is 151 g/mol. The zero-order chi connectivity index (χ0) is 8.69. The molecule has 3 nitrogen and oxygen atoms in total. The van der Waals surface area contributed by atoms with Crippen LogP contribution in [0.15, 0.2) is 24.8 Å². The monoisotopic (exact) mass is 151 g/mol. The van der Waals surface area contributed by atoms with Crippen molar-refractivity contribution in [3.63, 3.8) is 0 Å². The molecule has 0 amide bonds. The van der Waals surface area contributed by atoms with Gasteiger partial charge in [0.25, 0.3) is 0 Å². The zero-order valence-corrected chi connectivity index (χ0v) is 6.28. The second-order valence-corrected chi connectivity index (χ2v) is 1.80. The van der Waals surface area contributed by atoms with Gasteiger partial charge in [0, 0.05) is 6.08 Å². The highest BCUT2D eigenvalue weighted by Gasteiger charge is 2.02. The van der Waals surface area contributed by atoms with Gasteiger partial charge >= 0.3 is 5.97 Å². The van der Waals surface area contributed by atoms with Crippen molar-refractivity contribution in [1.29, 1.82) is 5.26 Å². The lowest BCUT2D eigenvalue weighted by Crippen LogP contribution is -2.09. The van der Waals surface area contributed by atoms with Gasteiger partial charge in [-0.15, -0.1) is 0 Å². The van der Waals surface area contributed by atoms with Crippen LogP contribution in [-0.2, 0) is 9.53 Å². The van der Waals surface area contributed by atoms with E-state index in [0.717, 1.165) is 0 Å². The topological polar surface area (TPSA) is 50.1 Å². The molecule has 3 heteroatoms. The molecule has 1 unspecified atom stereocenters. The third kappa shape index (κ3) is 4.91. The van der Waals surface area contributed by atoms with Gasteiger partial charge in [-0.25, -0.2) is 4.79 Å². The summed E-state index contributed by atoms with van der Waals surface area (Å²) in [6.07, 6.45) is 3.42. The minimum atomic E-state index is -0.697. The molecule has 0 radical (unpaired) electrons. The Bertz CT molecular complexity index is 213. The van der Waals surface area contributed by atoms with E-state index in [2.05, 4.69) is 11.3 Å². The minimum Gasteiger partial charge on any atom is -0.444 e. The molecule has 0 saturated heterocycles. The van der Waals surface area contributed by atoms with Gasteiger partial charge in [0.2, 0.25) is 0 Å². The van der Waals surface area contributed by atoms with Crippen LogP contribution in [0.3, 0.4) is 0 Å². The van der Waals surface area contributed by atoms with Gasteiger partial charge in [0.05, 0.1) is 0 Å². The van der Waals surface area contributed by atoms with E-state index in [9.17, 15) is 4.79 Å². The molecule has 0 saturated carbocycles. The number of carbonyl (C=O) groups is 1. The molecule has 0 aliphatic carbocycles. The number of allylic oxidation sites excluding steroid dienone is 2. The highest BCUT2D eigenvalue weighted by molar-refractivity contribution is 5.82. The largest absolute Gasteiger partial charge is 0.444 e. The van der Waals surface area contributed by atoms with Crippen LogP contribution in [0.5, 0.6) is 0 Å². The molecular formula is C8H9NO2. The van der Waals surface area contributed by atoms with Crippen molar-refractivity contribution >= 4 is 5.97 Å². The van der Waals surface area contributed by atoms with Gasteiger partial charge in [-0.05, 0) is 6.92 Å². The number of ether oxygens (including phenoxy) is 1. The third-order valence-corrected chi connectivity index (χ3v) is 0.843. The van der Waals surface area contributed by atoms with Crippen molar-refractivity contribution in [2.75, 3.05) is 0 Å². The van der Waals surface area contributed by atoms with Crippen molar-refractivity contribution in [1.82, 2.24) is 0 Å². The Morgan fingerprint density at radius 2 is 2.45 bits per heavy atom. The van der Waals surface area contributed by atoms with Crippen molar-refractivity contribution in [2.24, 2.45) is 0 Å². The van der Waals surface area contributed by atoms with Crippen molar-refractivity contribution in [2.45, 2.75) is 13.0 Å². The van der Waals surface area contributed by atoms with Crippen molar-refractivity contribution in [3.8, 4) is 6.07 Å². The van der Waals surface area contributed by atoms with Gasteiger partial charge in [-0.1, -0.05) is 18.7 Å². The summed E-state index contributed by atoms with van der Waals surface area (Å²) in [7, 11) is 0. The Morgan fingerprint density at radius 3 is 2.91 bits per heavy atom. The quantitative estimate of drug-likeness (QED) is 0.346. The van der Waals surface area contributed by atoms with Crippen LogP contribution in [0.4, 0.5) is 0 Å². The second-order valence-electron chi connectivity index (χ2n) is 1.80. The van der Waals surface area contributed by atoms with E-state index in [1.54, 1.807) is 6.07 Å². The van der Waals surface area contributed by atoms with Crippen LogP contribution in [0.25, 0.3) is 0 Å². The zero-order valence-electron chi connectivity index (χ0n) is 6.28. The summed E-state index contributed by atoms with van der Waals surface area (Å²) in [5, 5.41) is 8.24. The molecule has 1 atom stereocenters. The van der Waals surface area contributed by atoms with Crippen LogP contribution >= 0.6 is 0 Å². The molecule has 0 aliphatic rings. The lowest BCUT2D eigenvalue weighted by atomic mass is 10.4. The summed E-state index contributed by atoms with van der Waals surface area (Å²) >= 11 is 0. The maximum absolute atomic E-state index is 10.7. The number of hydrogen-bond donors (Lipinski definition) is 0. The van der Waals surface area contributed by atoms with E-state index in [4.69, 9.17) is 5.26 Å². The normalized spacial score (nSPS) is 12.0. The summed E-state index contributed by atoms with van der Waals surface area (Å²) in [5.41, 5.74) is 0. The fraction of sp³-hybridized carbons (Fsp3) is 0.250. The Hall–Kier alpha value is -1.56. The third-order valence-electron chi connectivity index (χ3n) is 0.843. The van der Waals surface area contributed by atoms with Crippen molar-refractivity contribution < 1.29 is 9.53 Å². The summed E-state index contributed by atoms with van der Waals surface area (Å²) in [5.74, 6) is -0.529. The molecule has 0 aliphatic heterocycles. The number of rotatable bonds is 3. The molecule has 58 valence electrons. The molecule has 0 aromatic heterocycles. The van der Waals surface area contributed by atoms with Gasteiger partial charge in [-0.2, -0.15) is 5.26 Å². The molecule has 0 fully saturated rings. The molecular weight excluding hydrogens is 142 g/mol. The number of hydrogen-bond acceptors (Lipinski definition) is 3. The van der Waals surface area contributed by atoms with E-state index in [-0.39, 0.29) is 0 Å². The SMILES string of the molecule is C=CC=CC(=O)OC(C)C#N. The van der Waals surface area contributed by atoms with Crippen LogP contribution in [0, 0.1) is 11.3 Å². The molecule has 0 bridgehead atoms. The minimum absolute atomic E-state index is 0.529. The molecule has 0 spiro atoms. The predicted molar refractivity (Wildman–Crippen MR) is 40.5 cm³/mol. The summed E-state index contributed by atoms with van der Waals surface area (Å²) in [4.78, 5) is 10.7. The molecule has 0 heterocycles. The maximum atomic E-state index is 10.7. The molecule has 0 aromatic rings. The van der Waals surface area contributed by atoms with Gasteiger partial charge < -0.3 is 4.74 Å². The van der Waals surface area contributed by atoms with Crippen molar-refractivity contribution in [3.05, 3.63) is 24.8 Å². The average Bonchev–Trinajstić information content (AvgIpc) is 2.00. The van der Waals surface area contributed by atoms with Crippen LogP contribution in [0.2, 0.25) is 0 Å². The van der Waals surface area contributed by atoms with E-state index in [1.807, 2.05) is 0 Å². The summed E-state index contributed by atoms with van der Waals surface area (Å²) < 4.78 is 4.57. The number of nitriles is 1. The second kappa shape index (κ2) is 5.24. The summed E-state index contributed by atoms with van der Waals surface area (Å²) in [6.45, 7) is 4.87. The van der Waals surface area contributed by atoms with Gasteiger partial charge in [-0.3, -0.25) is 0 Å². The first-order valence-corrected chi connectivity index (χ1v) is 3.10. The van der Waals surface area contributed by atoms with E-state index < -0.39 is 12.1 Å². The number of esters is 1. The first-order valence-electron chi connectivity index (χ1n) is 3.10. The summed E-state index contributed by atoms with van der Waals surface area (Å²) in [6, 6.07) is 1.77. The Morgan fingerprint density at radius 1 is 1.82 bits per heavy atom. The Kier molecular flexibility index (Phi) is 4.50. The van der Waals surface area contributed by atoms with E-state index >= 15 is 0 Å². The lowest BCUT2D eigenvalue weighted by molar-refractivity contribution is -0.139. The highest BCUT2D eigenvalue weighted by Crippen LogP contribution is 1.89. The standard InChI is InChI=1S/C8H9NO2/c1-3-4-5-8(10)11-7(2)6-9/h3-5,7H,1H2,2H3.